The first-order valence-corrected chi connectivity index (χ1v) is 19.9. The molecule has 12 rings (SSSR count). The van der Waals surface area contributed by atoms with E-state index in [2.05, 4.69) is 123 Å². The van der Waals surface area contributed by atoms with Crippen molar-refractivity contribution in [2.45, 2.75) is 12.1 Å². The van der Waals surface area contributed by atoms with Crippen LogP contribution in [0.1, 0.15) is 0 Å². The highest BCUT2D eigenvalue weighted by Crippen LogP contribution is 2.45. The summed E-state index contributed by atoms with van der Waals surface area (Å²) in [6.45, 7) is 0. The molecule has 282 valence electrons. The number of anilines is 1. The van der Waals surface area contributed by atoms with Crippen LogP contribution >= 0.6 is 0 Å². The van der Waals surface area contributed by atoms with Gasteiger partial charge in [-0.05, 0) is 91.0 Å². The van der Waals surface area contributed by atoms with Gasteiger partial charge >= 0.3 is 0 Å². The highest BCUT2D eigenvalue weighted by Gasteiger charge is 2.48. The van der Waals surface area contributed by atoms with Crippen molar-refractivity contribution in [1.82, 2.24) is 29.1 Å². The quantitative estimate of drug-likeness (QED) is 0.160. The number of hydrogen-bond donors (Lipinski definition) is 0. The molecule has 0 N–H and O–H groups in total. The number of fused-ring (bicyclic) bond motifs is 9. The molecule has 9 aromatic rings. The Labute approximate surface area is 339 Å². The molecule has 0 spiro atoms. The lowest BCUT2D eigenvalue weighted by Gasteiger charge is -2.30. The molecule has 3 aliphatic rings. The minimum atomic E-state index is -0.0539. The highest BCUT2D eigenvalue weighted by molar-refractivity contribution is 6.10. The monoisotopic (exact) mass is 765 g/mol. The number of para-hydroxylation sites is 2. The van der Waals surface area contributed by atoms with Crippen molar-refractivity contribution in [1.29, 1.82) is 0 Å². The fourth-order valence-electron chi connectivity index (χ4n) is 9.34. The second kappa shape index (κ2) is 13.4. The Kier molecular flexibility index (Phi) is 7.59. The Morgan fingerprint density at radius 2 is 0.881 bits per heavy atom. The molecule has 6 heterocycles. The third-order valence-electron chi connectivity index (χ3n) is 11.8. The van der Waals surface area contributed by atoms with E-state index in [1.807, 2.05) is 67.0 Å². The average molecular weight is 766 g/mol. The smallest absolute Gasteiger partial charge is 0.226 e. The van der Waals surface area contributed by atoms with Crippen LogP contribution in [0.5, 0.6) is 11.5 Å². The van der Waals surface area contributed by atoms with E-state index in [1.54, 1.807) is 12.4 Å². The summed E-state index contributed by atoms with van der Waals surface area (Å²) >= 11 is 0. The zero-order chi connectivity index (χ0) is 38.9. The summed E-state index contributed by atoms with van der Waals surface area (Å²) in [6.07, 6.45) is 20.4. The number of ether oxygens (including phenoxy) is 2. The molecule has 0 saturated carbocycles. The number of nitrogens with zero attached hydrogens (tertiary/aromatic N) is 7. The van der Waals surface area contributed by atoms with Crippen molar-refractivity contribution in [3.8, 4) is 23.1 Å². The molecule has 4 aromatic carbocycles. The lowest BCUT2D eigenvalue weighted by atomic mass is 9.82. The predicted octanol–water partition coefficient (Wildman–Crippen LogP) is 10.3. The fraction of sp³-hybridized carbons (Fsp3) is 0.0800. The zero-order valence-corrected chi connectivity index (χ0v) is 31.7. The number of pyridine rings is 2. The maximum atomic E-state index is 6.70. The Balaban J connectivity index is 0.882. The largest absolute Gasteiger partial charge is 0.458 e. The van der Waals surface area contributed by atoms with Crippen LogP contribution in [0.4, 0.5) is 5.95 Å². The van der Waals surface area contributed by atoms with Crippen LogP contribution in [0.25, 0.3) is 55.2 Å². The van der Waals surface area contributed by atoms with E-state index in [9.17, 15) is 0 Å². The van der Waals surface area contributed by atoms with Crippen molar-refractivity contribution in [3.63, 3.8) is 0 Å². The third-order valence-corrected chi connectivity index (χ3v) is 11.8. The summed E-state index contributed by atoms with van der Waals surface area (Å²) in [7, 11) is 0. The zero-order valence-electron chi connectivity index (χ0n) is 31.7. The van der Waals surface area contributed by atoms with Gasteiger partial charge in [0.05, 0.1) is 34.2 Å². The van der Waals surface area contributed by atoms with Crippen molar-refractivity contribution in [2.24, 2.45) is 11.8 Å². The van der Waals surface area contributed by atoms with Crippen molar-refractivity contribution in [2.75, 3.05) is 4.90 Å². The van der Waals surface area contributed by atoms with Crippen LogP contribution in [-0.2, 0) is 0 Å². The number of allylic oxidation sites excluding steroid dienone is 2. The van der Waals surface area contributed by atoms with Gasteiger partial charge in [0.1, 0.15) is 34.7 Å². The number of hydrogen-bond acceptors (Lipinski definition) is 7. The minimum Gasteiger partial charge on any atom is -0.458 e. The lowest BCUT2D eigenvalue weighted by Crippen LogP contribution is -2.39. The first-order valence-electron chi connectivity index (χ1n) is 19.9. The van der Waals surface area contributed by atoms with Crippen LogP contribution < -0.4 is 14.4 Å². The predicted molar refractivity (Wildman–Crippen MR) is 232 cm³/mol. The van der Waals surface area contributed by atoms with Gasteiger partial charge in [-0.15, -0.1) is 0 Å². The molecule has 4 unspecified atom stereocenters. The van der Waals surface area contributed by atoms with E-state index >= 15 is 0 Å². The van der Waals surface area contributed by atoms with Gasteiger partial charge in [0.2, 0.25) is 5.95 Å². The van der Waals surface area contributed by atoms with Crippen LogP contribution in [0.3, 0.4) is 0 Å². The lowest BCUT2D eigenvalue weighted by molar-refractivity contribution is 0.418. The Hall–Kier alpha value is -7.78. The summed E-state index contributed by atoms with van der Waals surface area (Å²) in [5, 5.41) is 4.63. The van der Waals surface area contributed by atoms with E-state index in [-0.39, 0.29) is 23.9 Å². The standard InChI is InChI=1S/C50H35N7O2/c1-3-12-42-36(10-1)38-20-16-32(28-44(38)55(42)48-14-5-7-24-51-48)58-34-18-22-40-41-23-19-35(31-47(41)57(46(40)30-34)50-53-26-9-27-54-50)59-33-17-21-39-37-11-2-4-13-43(37)56(45(39)29-33)49-15-6-8-25-52-49/h1-31,40-41,46-47H. The third kappa shape index (κ3) is 5.46. The molecule has 1 aliphatic heterocycles. The molecule has 4 atom stereocenters. The average Bonchev–Trinajstić information content (AvgIpc) is 3.92. The number of benzene rings is 4. The second-order valence-corrected chi connectivity index (χ2v) is 15.1. The molecule has 0 radical (unpaired) electrons. The SMILES string of the molecule is C1=CC2C3C=CC(Oc4ccc5c6ccccc6n(-c6ccccn6)c5c4)=CC3N(c3ncccn3)C2C=C1Oc1ccc2c3ccccc3n(-c3ccccn3)c2c1. The van der Waals surface area contributed by atoms with Crippen LogP contribution in [0, 0.1) is 11.8 Å². The van der Waals surface area contributed by atoms with Crippen LogP contribution in [0.2, 0.25) is 0 Å². The van der Waals surface area contributed by atoms with E-state index in [0.717, 1.165) is 67.5 Å². The van der Waals surface area contributed by atoms with Crippen LogP contribution in [0.15, 0.2) is 200 Å². The second-order valence-electron chi connectivity index (χ2n) is 15.1. The summed E-state index contributed by atoms with van der Waals surface area (Å²) < 4.78 is 17.8. The molecule has 9 heteroatoms. The minimum absolute atomic E-state index is 0.0539. The van der Waals surface area contributed by atoms with E-state index in [1.165, 1.54) is 10.8 Å². The maximum Gasteiger partial charge on any atom is 0.226 e. The topological polar surface area (TPSA) is 83.1 Å². The summed E-state index contributed by atoms with van der Waals surface area (Å²) in [6, 6.07) is 43.2. The van der Waals surface area contributed by atoms with Gasteiger partial charge in [-0.2, -0.15) is 0 Å². The summed E-state index contributed by atoms with van der Waals surface area (Å²) in [5.41, 5.74) is 4.27. The highest BCUT2D eigenvalue weighted by atomic mass is 16.5. The van der Waals surface area contributed by atoms with Gasteiger partial charge in [0.15, 0.2) is 0 Å². The maximum absolute atomic E-state index is 6.70. The molecule has 0 bridgehead atoms. The number of rotatable bonds is 7. The van der Waals surface area contributed by atoms with Crippen LogP contribution in [-0.4, -0.2) is 41.2 Å². The molecule has 1 saturated heterocycles. The molecule has 59 heavy (non-hydrogen) atoms. The Morgan fingerprint density at radius 1 is 0.424 bits per heavy atom. The van der Waals surface area contributed by atoms with Crippen molar-refractivity contribution in [3.05, 3.63) is 200 Å². The summed E-state index contributed by atoms with van der Waals surface area (Å²) in [4.78, 5) is 21.2. The van der Waals surface area contributed by atoms with Gasteiger partial charge in [0.25, 0.3) is 0 Å². The molecule has 0 amide bonds. The molecule has 5 aromatic heterocycles. The summed E-state index contributed by atoms with van der Waals surface area (Å²) in [5.74, 6) is 5.77. The normalized spacial score (nSPS) is 19.6. The van der Waals surface area contributed by atoms with Crippen molar-refractivity contribution >= 4 is 49.6 Å². The fourth-order valence-corrected chi connectivity index (χ4v) is 9.34. The van der Waals surface area contributed by atoms with Gasteiger partial charge in [0, 0.05) is 70.3 Å². The Morgan fingerprint density at radius 3 is 1.37 bits per heavy atom. The molecule has 2 aliphatic carbocycles. The van der Waals surface area contributed by atoms with Gasteiger partial charge in [-0.3, -0.25) is 9.13 Å². The van der Waals surface area contributed by atoms with E-state index < -0.39 is 0 Å². The first-order chi connectivity index (χ1) is 29.2. The first kappa shape index (κ1) is 33.4. The van der Waals surface area contributed by atoms with E-state index in [4.69, 9.17) is 29.4 Å². The van der Waals surface area contributed by atoms with Gasteiger partial charge in [-0.25, -0.2) is 19.9 Å². The van der Waals surface area contributed by atoms with Crippen molar-refractivity contribution < 1.29 is 9.47 Å². The molecular weight excluding hydrogens is 731 g/mol. The van der Waals surface area contributed by atoms with E-state index in [0.29, 0.717) is 5.95 Å². The molecule has 9 nitrogen and oxygen atoms in total. The number of aromatic nitrogens is 6. The molecular formula is C50H35N7O2. The Bertz CT molecular complexity index is 3010. The van der Waals surface area contributed by atoms with Gasteiger partial charge < -0.3 is 14.4 Å². The van der Waals surface area contributed by atoms with Gasteiger partial charge in [-0.1, -0.05) is 60.7 Å². The molecule has 1 fully saturated rings.